The van der Waals surface area contributed by atoms with Gasteiger partial charge < -0.3 is 25.2 Å². The molecule has 0 aromatic heterocycles. The standard InChI is InChI=1S/C17H26N2O7/c1-9(15(21)19-7-3-4-13(19)17(24)25)18-14(20)12-8-10(26-2)5-6-11(12)16(22)23/h9-13H,3-8H2,1-2H3,(H,18,20)(H,22,23)(H,24,25)/t9-,10?,11?,12?,13-/m0/s1. The van der Waals surface area contributed by atoms with Crippen LogP contribution in [-0.2, 0) is 23.9 Å². The average molecular weight is 370 g/mol. The molecule has 1 saturated carbocycles. The first kappa shape index (κ1) is 20.2. The van der Waals surface area contributed by atoms with Crippen molar-refractivity contribution < 1.29 is 34.1 Å². The molecule has 3 unspecified atom stereocenters. The maximum Gasteiger partial charge on any atom is 0.326 e. The molecule has 1 heterocycles. The Hall–Kier alpha value is -2.16. The van der Waals surface area contributed by atoms with E-state index in [9.17, 15) is 29.4 Å². The topological polar surface area (TPSA) is 133 Å². The van der Waals surface area contributed by atoms with Crippen LogP contribution in [0.1, 0.15) is 39.0 Å². The lowest BCUT2D eigenvalue weighted by Crippen LogP contribution is -2.53. The Morgan fingerprint density at radius 1 is 1.08 bits per heavy atom. The van der Waals surface area contributed by atoms with Crippen molar-refractivity contribution in [3.8, 4) is 0 Å². The highest BCUT2D eigenvalue weighted by Gasteiger charge is 2.41. The van der Waals surface area contributed by atoms with E-state index in [-0.39, 0.29) is 12.5 Å². The molecule has 2 amide bonds. The lowest BCUT2D eigenvalue weighted by Gasteiger charge is -2.33. The molecule has 1 aliphatic heterocycles. The number of ether oxygens (including phenoxy) is 1. The minimum absolute atomic E-state index is 0.192. The van der Waals surface area contributed by atoms with Crippen LogP contribution in [0, 0.1) is 11.8 Å². The number of carbonyl (C=O) groups excluding carboxylic acids is 2. The quantitative estimate of drug-likeness (QED) is 0.603. The number of hydrogen-bond donors (Lipinski definition) is 3. The minimum atomic E-state index is -1.06. The molecule has 9 heteroatoms. The lowest BCUT2D eigenvalue weighted by molar-refractivity contribution is -0.152. The molecule has 26 heavy (non-hydrogen) atoms. The Bertz CT molecular complexity index is 579. The molecule has 2 rings (SSSR count). The van der Waals surface area contributed by atoms with E-state index in [1.165, 1.54) is 18.9 Å². The smallest absolute Gasteiger partial charge is 0.326 e. The fourth-order valence-electron chi connectivity index (χ4n) is 3.85. The third-order valence-corrected chi connectivity index (χ3v) is 5.34. The summed E-state index contributed by atoms with van der Waals surface area (Å²) >= 11 is 0. The first-order valence-electron chi connectivity index (χ1n) is 8.85. The van der Waals surface area contributed by atoms with Gasteiger partial charge in [0.1, 0.15) is 12.1 Å². The number of hydrogen-bond acceptors (Lipinski definition) is 5. The van der Waals surface area contributed by atoms with E-state index in [1.807, 2.05) is 0 Å². The van der Waals surface area contributed by atoms with Crippen molar-refractivity contribution in [2.24, 2.45) is 11.8 Å². The SMILES string of the molecule is COC1CCC(C(=O)O)C(C(=O)N[C@@H](C)C(=O)N2CCC[C@H]2C(=O)O)C1. The highest BCUT2D eigenvalue weighted by Crippen LogP contribution is 2.32. The van der Waals surface area contributed by atoms with Gasteiger partial charge in [0.05, 0.1) is 17.9 Å². The van der Waals surface area contributed by atoms with Gasteiger partial charge in [0.2, 0.25) is 11.8 Å². The Balaban J connectivity index is 2.03. The van der Waals surface area contributed by atoms with E-state index >= 15 is 0 Å². The van der Waals surface area contributed by atoms with Crippen LogP contribution in [0.25, 0.3) is 0 Å². The molecule has 146 valence electrons. The molecule has 2 aliphatic rings. The number of nitrogens with one attached hydrogen (secondary N) is 1. The summed E-state index contributed by atoms with van der Waals surface area (Å²) in [6, 6.07) is -1.79. The second-order valence-electron chi connectivity index (χ2n) is 6.98. The van der Waals surface area contributed by atoms with Gasteiger partial charge in [-0.25, -0.2) is 4.79 Å². The largest absolute Gasteiger partial charge is 0.481 e. The first-order chi connectivity index (χ1) is 12.3. The number of methoxy groups -OCH3 is 1. The summed E-state index contributed by atoms with van der Waals surface area (Å²) in [5.74, 6) is -4.67. The van der Waals surface area contributed by atoms with Crippen LogP contribution in [0.2, 0.25) is 0 Å². The molecule has 0 radical (unpaired) electrons. The van der Waals surface area contributed by atoms with Crippen LogP contribution in [0.3, 0.4) is 0 Å². The summed E-state index contributed by atoms with van der Waals surface area (Å²) < 4.78 is 5.26. The number of rotatable bonds is 6. The summed E-state index contributed by atoms with van der Waals surface area (Å²) in [5.41, 5.74) is 0. The van der Waals surface area contributed by atoms with Gasteiger partial charge in [0, 0.05) is 13.7 Å². The van der Waals surface area contributed by atoms with Crippen molar-refractivity contribution in [1.29, 1.82) is 0 Å². The Kier molecular flexibility index (Phi) is 6.57. The molecule has 1 aliphatic carbocycles. The zero-order valence-corrected chi connectivity index (χ0v) is 15.0. The molecule has 3 N–H and O–H groups in total. The highest BCUT2D eigenvalue weighted by molar-refractivity contribution is 5.92. The van der Waals surface area contributed by atoms with Gasteiger partial charge in [-0.3, -0.25) is 14.4 Å². The number of carboxylic acids is 2. The molecular formula is C17H26N2O7. The summed E-state index contributed by atoms with van der Waals surface area (Å²) in [5, 5.41) is 21.1. The van der Waals surface area contributed by atoms with Gasteiger partial charge >= 0.3 is 11.9 Å². The molecule has 5 atom stereocenters. The van der Waals surface area contributed by atoms with Gasteiger partial charge in [-0.05, 0) is 39.0 Å². The number of likely N-dealkylation sites (tertiary alicyclic amines) is 1. The van der Waals surface area contributed by atoms with Gasteiger partial charge in [0.15, 0.2) is 0 Å². The van der Waals surface area contributed by atoms with Crippen molar-refractivity contribution in [3.05, 3.63) is 0 Å². The average Bonchev–Trinajstić information content (AvgIpc) is 3.10. The zero-order chi connectivity index (χ0) is 19.4. The van der Waals surface area contributed by atoms with E-state index in [1.54, 1.807) is 0 Å². The Morgan fingerprint density at radius 3 is 2.35 bits per heavy atom. The van der Waals surface area contributed by atoms with Crippen molar-refractivity contribution in [1.82, 2.24) is 10.2 Å². The number of aliphatic carboxylic acids is 2. The minimum Gasteiger partial charge on any atom is -0.481 e. The van der Waals surface area contributed by atoms with Crippen LogP contribution in [0.5, 0.6) is 0 Å². The van der Waals surface area contributed by atoms with Gasteiger partial charge in [-0.15, -0.1) is 0 Å². The van der Waals surface area contributed by atoms with E-state index < -0.39 is 47.7 Å². The van der Waals surface area contributed by atoms with E-state index in [4.69, 9.17) is 4.74 Å². The summed E-state index contributed by atoms with van der Waals surface area (Å²) in [7, 11) is 1.52. The van der Waals surface area contributed by atoms with Gasteiger partial charge in [0.25, 0.3) is 0 Å². The second-order valence-corrected chi connectivity index (χ2v) is 6.98. The maximum absolute atomic E-state index is 12.6. The predicted octanol–water partition coefficient (Wildman–Crippen LogP) is 0.0826. The fourth-order valence-corrected chi connectivity index (χ4v) is 3.85. The Labute approximate surface area is 151 Å². The van der Waals surface area contributed by atoms with Crippen LogP contribution >= 0.6 is 0 Å². The van der Waals surface area contributed by atoms with Crippen LogP contribution in [0.15, 0.2) is 0 Å². The fraction of sp³-hybridized carbons (Fsp3) is 0.765. The number of carbonyl (C=O) groups is 4. The summed E-state index contributed by atoms with van der Waals surface area (Å²) in [6.07, 6.45) is 1.98. The van der Waals surface area contributed by atoms with Crippen LogP contribution in [-0.4, -0.2) is 70.7 Å². The predicted molar refractivity (Wildman–Crippen MR) is 89.2 cm³/mol. The molecule has 0 spiro atoms. The molecule has 9 nitrogen and oxygen atoms in total. The van der Waals surface area contributed by atoms with Gasteiger partial charge in [-0.1, -0.05) is 0 Å². The number of amides is 2. The van der Waals surface area contributed by atoms with Crippen molar-refractivity contribution >= 4 is 23.8 Å². The monoisotopic (exact) mass is 370 g/mol. The lowest BCUT2D eigenvalue weighted by atomic mass is 9.77. The van der Waals surface area contributed by atoms with Crippen molar-refractivity contribution in [2.75, 3.05) is 13.7 Å². The maximum atomic E-state index is 12.6. The molecule has 0 bridgehead atoms. The van der Waals surface area contributed by atoms with Crippen LogP contribution in [0.4, 0.5) is 0 Å². The molecule has 0 aromatic carbocycles. The molecule has 0 aromatic rings. The summed E-state index contributed by atoms with van der Waals surface area (Å²) in [4.78, 5) is 49.1. The third-order valence-electron chi connectivity index (χ3n) is 5.34. The van der Waals surface area contributed by atoms with E-state index in [0.717, 1.165) is 0 Å². The normalized spacial score (nSPS) is 29.8. The van der Waals surface area contributed by atoms with Crippen LogP contribution < -0.4 is 5.32 Å². The molecular weight excluding hydrogens is 344 g/mol. The second kappa shape index (κ2) is 8.48. The molecule has 2 fully saturated rings. The summed E-state index contributed by atoms with van der Waals surface area (Å²) in [6.45, 7) is 1.83. The van der Waals surface area contributed by atoms with E-state index in [0.29, 0.717) is 32.2 Å². The first-order valence-corrected chi connectivity index (χ1v) is 8.85. The third kappa shape index (κ3) is 4.32. The Morgan fingerprint density at radius 2 is 1.77 bits per heavy atom. The van der Waals surface area contributed by atoms with Gasteiger partial charge in [-0.2, -0.15) is 0 Å². The molecule has 1 saturated heterocycles. The van der Waals surface area contributed by atoms with Crippen molar-refractivity contribution in [3.63, 3.8) is 0 Å². The number of nitrogens with zero attached hydrogens (tertiary/aromatic N) is 1. The zero-order valence-electron chi connectivity index (χ0n) is 15.0. The van der Waals surface area contributed by atoms with Crippen molar-refractivity contribution in [2.45, 2.75) is 57.2 Å². The van der Waals surface area contributed by atoms with E-state index in [2.05, 4.69) is 5.32 Å². The highest BCUT2D eigenvalue weighted by atomic mass is 16.5. The number of carboxylic acid groups (broad SMARTS) is 2.